The maximum atomic E-state index is 13.1. The summed E-state index contributed by atoms with van der Waals surface area (Å²) in [7, 11) is 0. The number of nitrogens with zero attached hydrogens (tertiary/aromatic N) is 1. The SMILES string of the molecule is O=C1NC(=O)N([C@@H]2O[C@H](CO)[C@@H](O)[C@H]2O)C[C]1F. The first kappa shape index (κ1) is 13.1. The third-order valence-corrected chi connectivity index (χ3v) is 2.86. The number of nitrogens with one attached hydrogen (secondary N) is 1. The summed E-state index contributed by atoms with van der Waals surface area (Å²) in [4.78, 5) is 23.1. The van der Waals surface area contributed by atoms with Crippen LogP contribution in [0.3, 0.4) is 0 Å². The van der Waals surface area contributed by atoms with Gasteiger partial charge in [0.2, 0.25) is 0 Å². The van der Waals surface area contributed by atoms with E-state index in [2.05, 4.69) is 0 Å². The first-order valence-corrected chi connectivity index (χ1v) is 5.21. The van der Waals surface area contributed by atoms with Crippen molar-refractivity contribution in [2.24, 2.45) is 0 Å². The van der Waals surface area contributed by atoms with Gasteiger partial charge >= 0.3 is 6.03 Å². The monoisotopic (exact) mass is 263 g/mol. The molecule has 2 fully saturated rings. The summed E-state index contributed by atoms with van der Waals surface area (Å²) in [6, 6.07) is -0.934. The molecule has 4 N–H and O–H groups in total. The first-order valence-electron chi connectivity index (χ1n) is 5.21. The topological polar surface area (TPSA) is 119 Å². The van der Waals surface area contributed by atoms with Crippen molar-refractivity contribution in [2.75, 3.05) is 13.2 Å². The minimum absolute atomic E-state index is 0.560. The Hall–Kier alpha value is -1.29. The number of hydrogen-bond acceptors (Lipinski definition) is 6. The number of amides is 3. The lowest BCUT2D eigenvalue weighted by atomic mass is 10.1. The molecule has 2 aliphatic heterocycles. The van der Waals surface area contributed by atoms with Crippen LogP contribution < -0.4 is 5.32 Å². The smallest absolute Gasteiger partial charge is 0.326 e. The van der Waals surface area contributed by atoms with E-state index >= 15 is 0 Å². The van der Waals surface area contributed by atoms with Gasteiger partial charge in [-0.15, -0.1) is 0 Å². The molecule has 2 saturated heterocycles. The van der Waals surface area contributed by atoms with E-state index in [0.29, 0.717) is 0 Å². The van der Waals surface area contributed by atoms with E-state index in [1.807, 2.05) is 0 Å². The Morgan fingerprint density at radius 3 is 2.61 bits per heavy atom. The van der Waals surface area contributed by atoms with E-state index in [1.54, 1.807) is 5.32 Å². The number of aliphatic hydroxyl groups is 3. The largest absolute Gasteiger partial charge is 0.394 e. The summed E-state index contributed by atoms with van der Waals surface area (Å²) in [5.41, 5.74) is 0. The summed E-state index contributed by atoms with van der Waals surface area (Å²) < 4.78 is 18.2. The lowest BCUT2D eigenvalue weighted by Crippen LogP contribution is -2.58. The average Bonchev–Trinajstić information content (AvgIpc) is 2.61. The van der Waals surface area contributed by atoms with Gasteiger partial charge in [0.05, 0.1) is 13.2 Å². The van der Waals surface area contributed by atoms with Crippen molar-refractivity contribution in [3.8, 4) is 0 Å². The Morgan fingerprint density at radius 2 is 2.06 bits per heavy atom. The van der Waals surface area contributed by atoms with Crippen LogP contribution in [0.25, 0.3) is 0 Å². The Balaban J connectivity index is 2.12. The van der Waals surface area contributed by atoms with Crippen LogP contribution in [-0.2, 0) is 9.53 Å². The van der Waals surface area contributed by atoms with Gasteiger partial charge in [0.25, 0.3) is 12.1 Å². The number of urea groups is 1. The Kier molecular flexibility index (Phi) is 3.48. The number of hydrogen-bond donors (Lipinski definition) is 4. The van der Waals surface area contributed by atoms with Crippen molar-refractivity contribution in [1.29, 1.82) is 0 Å². The molecular formula is C9H12FN2O6. The van der Waals surface area contributed by atoms with Crippen molar-refractivity contribution in [3.05, 3.63) is 6.17 Å². The molecule has 0 unspecified atom stereocenters. The fraction of sp³-hybridized carbons (Fsp3) is 0.667. The normalized spacial score (nSPS) is 38.1. The van der Waals surface area contributed by atoms with Gasteiger partial charge in [0, 0.05) is 0 Å². The second-order valence-corrected chi connectivity index (χ2v) is 4.02. The molecule has 0 aromatic carbocycles. The zero-order chi connectivity index (χ0) is 13.4. The molecule has 8 nitrogen and oxygen atoms in total. The highest BCUT2D eigenvalue weighted by Gasteiger charge is 2.49. The highest BCUT2D eigenvalue weighted by Crippen LogP contribution is 2.26. The minimum atomic E-state index is -1.49. The molecule has 2 rings (SSSR count). The number of imide groups is 1. The molecule has 9 heteroatoms. The molecule has 3 amide bonds. The van der Waals surface area contributed by atoms with Gasteiger partial charge in [-0.05, 0) is 0 Å². The standard InChI is InChI=1S/C9H12FN2O6/c10-3-1-12(9(17)11-7(3)16)8-6(15)5(14)4(2-13)18-8/h4-6,8,13-15H,1-2H2,(H,11,16,17)/t4-,5-,6-,8-/m1/s1. The summed E-state index contributed by atoms with van der Waals surface area (Å²) in [6.45, 7) is -1.22. The zero-order valence-corrected chi connectivity index (χ0v) is 9.12. The molecule has 101 valence electrons. The quantitative estimate of drug-likeness (QED) is 0.436. The average molecular weight is 263 g/mol. The molecule has 0 aromatic heterocycles. The van der Waals surface area contributed by atoms with Gasteiger partial charge in [-0.25, -0.2) is 9.18 Å². The van der Waals surface area contributed by atoms with E-state index in [9.17, 15) is 24.2 Å². The molecule has 2 aliphatic rings. The fourth-order valence-electron chi connectivity index (χ4n) is 1.87. The van der Waals surface area contributed by atoms with E-state index in [-0.39, 0.29) is 0 Å². The van der Waals surface area contributed by atoms with Crippen LogP contribution in [0.15, 0.2) is 0 Å². The first-order chi connectivity index (χ1) is 8.45. The summed E-state index contributed by atoms with van der Waals surface area (Å²) in [6.07, 6.45) is -6.38. The Bertz CT molecular complexity index is 367. The Labute approximate surface area is 101 Å². The molecule has 0 saturated carbocycles. The lowest BCUT2D eigenvalue weighted by molar-refractivity contribution is -0.126. The van der Waals surface area contributed by atoms with Crippen LogP contribution in [-0.4, -0.2) is 69.8 Å². The molecule has 0 aromatic rings. The third kappa shape index (κ3) is 2.05. The number of rotatable bonds is 2. The highest BCUT2D eigenvalue weighted by molar-refractivity contribution is 6.03. The summed E-state index contributed by atoms with van der Waals surface area (Å²) in [5.74, 6) is -1.14. The van der Waals surface area contributed by atoms with E-state index in [0.717, 1.165) is 4.90 Å². The molecule has 18 heavy (non-hydrogen) atoms. The lowest BCUT2D eigenvalue weighted by Gasteiger charge is -2.33. The third-order valence-electron chi connectivity index (χ3n) is 2.86. The predicted octanol–water partition coefficient (Wildman–Crippen LogP) is -2.52. The summed E-state index contributed by atoms with van der Waals surface area (Å²) in [5, 5.41) is 29.8. The molecular weight excluding hydrogens is 251 g/mol. The second-order valence-electron chi connectivity index (χ2n) is 4.02. The molecule has 4 atom stereocenters. The molecule has 0 aliphatic carbocycles. The molecule has 0 spiro atoms. The maximum Gasteiger partial charge on any atom is 0.326 e. The molecule has 0 bridgehead atoms. The number of carbonyl (C=O) groups excluding carboxylic acids is 2. The van der Waals surface area contributed by atoms with Crippen molar-refractivity contribution in [2.45, 2.75) is 24.5 Å². The van der Waals surface area contributed by atoms with Crippen LogP contribution in [0.5, 0.6) is 0 Å². The molecule has 2 heterocycles. The van der Waals surface area contributed by atoms with Gasteiger partial charge < -0.3 is 20.1 Å². The zero-order valence-electron chi connectivity index (χ0n) is 9.12. The predicted molar refractivity (Wildman–Crippen MR) is 52.4 cm³/mol. The van der Waals surface area contributed by atoms with Crippen LogP contribution in [0.1, 0.15) is 0 Å². The van der Waals surface area contributed by atoms with Crippen molar-refractivity contribution < 1.29 is 34.0 Å². The van der Waals surface area contributed by atoms with Crippen molar-refractivity contribution in [3.63, 3.8) is 0 Å². The molecule has 1 radical (unpaired) electrons. The number of ether oxygens (including phenoxy) is 1. The summed E-state index contributed by atoms with van der Waals surface area (Å²) >= 11 is 0. The van der Waals surface area contributed by atoms with Crippen LogP contribution in [0.4, 0.5) is 9.18 Å². The van der Waals surface area contributed by atoms with E-state index < -0.39 is 55.8 Å². The van der Waals surface area contributed by atoms with Crippen LogP contribution in [0.2, 0.25) is 0 Å². The van der Waals surface area contributed by atoms with Gasteiger partial charge in [-0.3, -0.25) is 15.0 Å². The maximum absolute atomic E-state index is 13.1. The van der Waals surface area contributed by atoms with Crippen molar-refractivity contribution >= 4 is 11.9 Å². The van der Waals surface area contributed by atoms with Gasteiger partial charge in [-0.2, -0.15) is 0 Å². The number of carbonyl (C=O) groups is 2. The van der Waals surface area contributed by atoms with Crippen LogP contribution in [0, 0.1) is 6.17 Å². The highest BCUT2D eigenvalue weighted by atomic mass is 19.1. The van der Waals surface area contributed by atoms with Crippen molar-refractivity contribution in [1.82, 2.24) is 10.2 Å². The minimum Gasteiger partial charge on any atom is -0.394 e. The van der Waals surface area contributed by atoms with Gasteiger partial charge in [-0.1, -0.05) is 0 Å². The van der Waals surface area contributed by atoms with Gasteiger partial charge in [0.15, 0.2) is 6.23 Å². The van der Waals surface area contributed by atoms with Crippen LogP contribution >= 0.6 is 0 Å². The number of aliphatic hydroxyl groups excluding tert-OH is 3. The second kappa shape index (κ2) is 4.76. The number of halogens is 1. The fourth-order valence-corrected chi connectivity index (χ4v) is 1.87. The van der Waals surface area contributed by atoms with E-state index in [4.69, 9.17) is 9.84 Å². The Morgan fingerprint density at radius 1 is 1.39 bits per heavy atom. The van der Waals surface area contributed by atoms with Gasteiger partial charge in [0.1, 0.15) is 18.3 Å². The van der Waals surface area contributed by atoms with E-state index in [1.165, 1.54) is 0 Å².